The Hall–Kier alpha value is -0.470. The van der Waals surface area contributed by atoms with E-state index in [4.69, 9.17) is 10.5 Å². The van der Waals surface area contributed by atoms with Crippen molar-refractivity contribution in [3.63, 3.8) is 0 Å². The van der Waals surface area contributed by atoms with E-state index in [2.05, 4.69) is 37.9 Å². The Balaban J connectivity index is 2.62. The molecule has 0 fully saturated rings. The third-order valence-electron chi connectivity index (χ3n) is 1.66. The van der Waals surface area contributed by atoms with Gasteiger partial charge in [-0.05, 0) is 22.6 Å². The molecule has 0 radical (unpaired) electrons. The molecule has 1 heterocycles. The van der Waals surface area contributed by atoms with E-state index in [-0.39, 0.29) is 6.04 Å². The smallest absolute Gasteiger partial charge is 0.143 e. The topological polar surface area (TPSA) is 73.1 Å². The maximum absolute atomic E-state index is 5.57. The van der Waals surface area contributed by atoms with Crippen LogP contribution in [0.1, 0.15) is 0 Å². The summed E-state index contributed by atoms with van der Waals surface area (Å²) >= 11 is 2.17. The van der Waals surface area contributed by atoms with Crippen LogP contribution in [0.3, 0.4) is 0 Å². The minimum atomic E-state index is 0.0865. The molecule has 6 heteroatoms. The summed E-state index contributed by atoms with van der Waals surface area (Å²) in [6.07, 6.45) is 3.25. The first-order valence-corrected chi connectivity index (χ1v) is 5.26. The number of anilines is 1. The van der Waals surface area contributed by atoms with Crippen molar-refractivity contribution in [1.29, 1.82) is 0 Å². The Morgan fingerprint density at radius 1 is 1.71 bits per heavy atom. The predicted octanol–water partition coefficient (Wildman–Crippen LogP) is 0.467. The molecular formula is C8H13IN4O. The van der Waals surface area contributed by atoms with Crippen molar-refractivity contribution >= 4 is 28.4 Å². The van der Waals surface area contributed by atoms with Crippen LogP contribution in [0.2, 0.25) is 0 Å². The van der Waals surface area contributed by atoms with Crippen LogP contribution in [0.25, 0.3) is 0 Å². The molecule has 0 aromatic carbocycles. The van der Waals surface area contributed by atoms with Gasteiger partial charge in [-0.3, -0.25) is 0 Å². The second-order valence-electron chi connectivity index (χ2n) is 2.75. The summed E-state index contributed by atoms with van der Waals surface area (Å²) in [6.45, 7) is 1.07. The van der Waals surface area contributed by atoms with Gasteiger partial charge in [0.05, 0.1) is 16.2 Å². The van der Waals surface area contributed by atoms with Crippen LogP contribution in [0.4, 0.5) is 5.82 Å². The van der Waals surface area contributed by atoms with Gasteiger partial charge < -0.3 is 15.8 Å². The molecule has 0 spiro atoms. The van der Waals surface area contributed by atoms with Gasteiger partial charge in [0.2, 0.25) is 0 Å². The standard InChI is InChI=1S/C8H13IN4O/c1-14-4-6(2-10)13-8-7(9)3-11-5-12-8/h3,5-6H,2,4,10H2,1H3,(H,11,12,13). The second kappa shape index (κ2) is 6.10. The van der Waals surface area contributed by atoms with Crippen molar-refractivity contribution in [2.75, 3.05) is 25.6 Å². The zero-order valence-corrected chi connectivity index (χ0v) is 10.1. The van der Waals surface area contributed by atoms with Crippen molar-refractivity contribution in [2.24, 2.45) is 5.73 Å². The second-order valence-corrected chi connectivity index (χ2v) is 3.91. The summed E-state index contributed by atoms with van der Waals surface area (Å²) in [5.41, 5.74) is 5.57. The van der Waals surface area contributed by atoms with Crippen LogP contribution in [0, 0.1) is 3.57 Å². The largest absolute Gasteiger partial charge is 0.383 e. The van der Waals surface area contributed by atoms with Crippen LogP contribution in [-0.2, 0) is 4.74 Å². The zero-order chi connectivity index (χ0) is 10.4. The summed E-state index contributed by atoms with van der Waals surface area (Å²) in [5.74, 6) is 0.799. The molecule has 14 heavy (non-hydrogen) atoms. The molecule has 0 amide bonds. The fourth-order valence-corrected chi connectivity index (χ4v) is 1.44. The lowest BCUT2D eigenvalue weighted by Crippen LogP contribution is -2.33. The highest BCUT2D eigenvalue weighted by Gasteiger charge is 2.08. The predicted molar refractivity (Wildman–Crippen MR) is 63.1 cm³/mol. The number of halogens is 1. The minimum absolute atomic E-state index is 0.0865. The van der Waals surface area contributed by atoms with Gasteiger partial charge in [0, 0.05) is 19.9 Å². The maximum Gasteiger partial charge on any atom is 0.143 e. The molecule has 1 aromatic heterocycles. The van der Waals surface area contributed by atoms with Gasteiger partial charge in [-0.2, -0.15) is 0 Å². The van der Waals surface area contributed by atoms with Crippen LogP contribution in [0.5, 0.6) is 0 Å². The first kappa shape index (κ1) is 11.6. The third-order valence-corrected chi connectivity index (χ3v) is 2.45. The lowest BCUT2D eigenvalue weighted by molar-refractivity contribution is 0.187. The molecular weight excluding hydrogens is 295 g/mol. The fourth-order valence-electron chi connectivity index (χ4n) is 0.982. The first-order valence-electron chi connectivity index (χ1n) is 4.19. The van der Waals surface area contributed by atoms with E-state index in [1.165, 1.54) is 6.33 Å². The Morgan fingerprint density at radius 2 is 2.50 bits per heavy atom. The Bertz CT molecular complexity index is 284. The van der Waals surface area contributed by atoms with Crippen LogP contribution >= 0.6 is 22.6 Å². The molecule has 0 bridgehead atoms. The molecule has 0 saturated carbocycles. The zero-order valence-electron chi connectivity index (χ0n) is 7.90. The summed E-state index contributed by atoms with van der Waals surface area (Å²) in [4.78, 5) is 8.01. The van der Waals surface area contributed by atoms with E-state index in [1.54, 1.807) is 13.3 Å². The molecule has 3 N–H and O–H groups in total. The van der Waals surface area contributed by atoms with E-state index in [9.17, 15) is 0 Å². The minimum Gasteiger partial charge on any atom is -0.383 e. The molecule has 0 aliphatic rings. The number of nitrogens with two attached hydrogens (primary N) is 1. The molecule has 1 atom stereocenters. The van der Waals surface area contributed by atoms with Gasteiger partial charge in [-0.1, -0.05) is 0 Å². The van der Waals surface area contributed by atoms with Gasteiger partial charge in [0.1, 0.15) is 12.1 Å². The molecule has 0 aliphatic heterocycles. The van der Waals surface area contributed by atoms with E-state index >= 15 is 0 Å². The molecule has 0 saturated heterocycles. The SMILES string of the molecule is COCC(CN)Nc1ncncc1I. The van der Waals surface area contributed by atoms with Gasteiger partial charge in [0.25, 0.3) is 0 Å². The normalized spacial score (nSPS) is 12.5. The average Bonchev–Trinajstić information content (AvgIpc) is 2.20. The van der Waals surface area contributed by atoms with Crippen molar-refractivity contribution < 1.29 is 4.74 Å². The van der Waals surface area contributed by atoms with Crippen molar-refractivity contribution in [1.82, 2.24) is 9.97 Å². The number of ether oxygens (including phenoxy) is 1. The molecule has 1 unspecified atom stereocenters. The van der Waals surface area contributed by atoms with Crippen molar-refractivity contribution in [2.45, 2.75) is 6.04 Å². The molecule has 1 aromatic rings. The van der Waals surface area contributed by atoms with E-state index < -0.39 is 0 Å². The fraction of sp³-hybridized carbons (Fsp3) is 0.500. The molecule has 0 aliphatic carbocycles. The summed E-state index contributed by atoms with van der Waals surface area (Å²) < 4.78 is 5.99. The van der Waals surface area contributed by atoms with Crippen molar-refractivity contribution in [3.8, 4) is 0 Å². The Morgan fingerprint density at radius 3 is 3.07 bits per heavy atom. The first-order chi connectivity index (χ1) is 6.77. The number of rotatable bonds is 5. The van der Waals surface area contributed by atoms with Crippen LogP contribution in [0.15, 0.2) is 12.5 Å². The summed E-state index contributed by atoms with van der Waals surface area (Å²) in [5, 5.41) is 3.19. The average molecular weight is 308 g/mol. The molecule has 78 valence electrons. The monoisotopic (exact) mass is 308 g/mol. The van der Waals surface area contributed by atoms with Crippen LogP contribution in [-0.4, -0.2) is 36.3 Å². The van der Waals surface area contributed by atoms with Crippen molar-refractivity contribution in [3.05, 3.63) is 16.1 Å². The highest BCUT2D eigenvalue weighted by molar-refractivity contribution is 14.1. The summed E-state index contributed by atoms with van der Waals surface area (Å²) in [7, 11) is 1.65. The number of hydrogen-bond acceptors (Lipinski definition) is 5. The Labute approximate surface area is 96.6 Å². The lowest BCUT2D eigenvalue weighted by atomic mass is 10.3. The quantitative estimate of drug-likeness (QED) is 0.774. The summed E-state index contributed by atoms with van der Waals surface area (Å²) in [6, 6.07) is 0.0865. The maximum atomic E-state index is 5.57. The highest BCUT2D eigenvalue weighted by Crippen LogP contribution is 2.13. The number of methoxy groups -OCH3 is 1. The number of nitrogens with one attached hydrogen (secondary N) is 1. The number of aromatic nitrogens is 2. The lowest BCUT2D eigenvalue weighted by Gasteiger charge is -2.16. The number of hydrogen-bond donors (Lipinski definition) is 2. The van der Waals surface area contributed by atoms with Gasteiger partial charge in [-0.15, -0.1) is 0 Å². The van der Waals surface area contributed by atoms with E-state index in [0.717, 1.165) is 9.39 Å². The van der Waals surface area contributed by atoms with Crippen LogP contribution < -0.4 is 11.1 Å². The molecule has 5 nitrogen and oxygen atoms in total. The molecule has 1 rings (SSSR count). The van der Waals surface area contributed by atoms with E-state index in [1.807, 2.05) is 0 Å². The van der Waals surface area contributed by atoms with E-state index in [0.29, 0.717) is 13.2 Å². The number of nitrogens with zero attached hydrogens (tertiary/aromatic N) is 2. The Kier molecular flexibility index (Phi) is 5.05. The van der Waals surface area contributed by atoms with Gasteiger partial charge >= 0.3 is 0 Å². The third kappa shape index (κ3) is 3.35. The highest BCUT2D eigenvalue weighted by atomic mass is 127. The van der Waals surface area contributed by atoms with Gasteiger partial charge in [0.15, 0.2) is 0 Å². The van der Waals surface area contributed by atoms with Gasteiger partial charge in [-0.25, -0.2) is 9.97 Å².